The predicted molar refractivity (Wildman–Crippen MR) is 103 cm³/mol. The number of hydrogen-bond acceptors (Lipinski definition) is 5. The number of rotatable bonds is 6. The number of methoxy groups -OCH3 is 1. The maximum absolute atomic E-state index is 12.5. The smallest absolute Gasteiger partial charge is 0.338 e. The minimum atomic E-state index is -0.461. The zero-order chi connectivity index (χ0) is 19.3. The quantitative estimate of drug-likeness (QED) is 0.579. The van der Waals surface area contributed by atoms with E-state index < -0.39 is 12.0 Å². The molecule has 0 spiro atoms. The van der Waals surface area contributed by atoms with E-state index in [1.165, 1.54) is 7.11 Å². The van der Waals surface area contributed by atoms with Crippen molar-refractivity contribution in [1.82, 2.24) is 10.2 Å². The van der Waals surface area contributed by atoms with E-state index in [1.807, 2.05) is 13.0 Å². The van der Waals surface area contributed by atoms with Gasteiger partial charge in [-0.25, -0.2) is 4.79 Å². The van der Waals surface area contributed by atoms with Gasteiger partial charge in [-0.2, -0.15) is 0 Å². The third-order valence-corrected chi connectivity index (χ3v) is 4.42. The molecule has 8 heteroatoms. The number of carbonyl (C=O) groups excluding carboxylic acids is 2. The van der Waals surface area contributed by atoms with E-state index in [9.17, 15) is 9.59 Å². The van der Waals surface area contributed by atoms with Gasteiger partial charge in [0.1, 0.15) is 6.61 Å². The van der Waals surface area contributed by atoms with E-state index in [2.05, 4.69) is 10.6 Å². The number of allylic oxidation sites excluding steroid dienone is 1. The molecule has 1 heterocycles. The Labute approximate surface area is 158 Å². The van der Waals surface area contributed by atoms with Crippen molar-refractivity contribution in [2.45, 2.75) is 19.9 Å². The Bertz CT molecular complexity index is 748. The third kappa shape index (κ3) is 4.39. The summed E-state index contributed by atoms with van der Waals surface area (Å²) in [7, 11) is 3.25. The van der Waals surface area contributed by atoms with Crippen LogP contribution in [0.1, 0.15) is 25.5 Å². The average Bonchev–Trinajstić information content (AvgIpc) is 2.60. The molecule has 26 heavy (non-hydrogen) atoms. The lowest BCUT2D eigenvalue weighted by atomic mass is 9.95. The Morgan fingerprint density at radius 1 is 1.38 bits per heavy atom. The Kier molecular flexibility index (Phi) is 6.70. The highest BCUT2D eigenvalue weighted by atomic mass is 32.1. The van der Waals surface area contributed by atoms with Crippen LogP contribution in [-0.4, -0.2) is 49.3 Å². The first-order valence-corrected chi connectivity index (χ1v) is 8.60. The minimum Gasteiger partial charge on any atom is -0.463 e. The fourth-order valence-electron chi connectivity index (χ4n) is 2.68. The molecule has 0 aliphatic carbocycles. The van der Waals surface area contributed by atoms with E-state index in [4.69, 9.17) is 21.7 Å². The highest BCUT2D eigenvalue weighted by Crippen LogP contribution is 2.31. The summed E-state index contributed by atoms with van der Waals surface area (Å²) in [6, 6.07) is 6.77. The molecule has 1 aromatic rings. The number of ether oxygens (including phenoxy) is 2. The fourth-order valence-corrected chi connectivity index (χ4v) is 2.94. The van der Waals surface area contributed by atoms with E-state index in [0.29, 0.717) is 16.4 Å². The number of thiocarbonyl (C=S) groups is 1. The van der Waals surface area contributed by atoms with Crippen molar-refractivity contribution in [2.75, 3.05) is 32.7 Å². The standard InChI is InChI=1S/C18H23N3O4S/c1-5-25-17(23)15-11(2)21(3)18(26)20-16(15)12-7-6-8-13(9-12)19-14(22)10-24-4/h6-9,16H,5,10H2,1-4H3,(H,19,22)(H,20,26)/t16-/m0/s1. The summed E-state index contributed by atoms with van der Waals surface area (Å²) in [5.74, 6) is -0.653. The zero-order valence-electron chi connectivity index (χ0n) is 15.3. The van der Waals surface area contributed by atoms with E-state index in [1.54, 1.807) is 37.1 Å². The molecule has 1 amide bonds. The van der Waals surface area contributed by atoms with Crippen molar-refractivity contribution >= 4 is 34.9 Å². The number of nitrogens with one attached hydrogen (secondary N) is 2. The van der Waals surface area contributed by atoms with Gasteiger partial charge < -0.3 is 25.0 Å². The van der Waals surface area contributed by atoms with Gasteiger partial charge in [0.05, 0.1) is 18.2 Å². The maximum atomic E-state index is 12.5. The molecule has 0 unspecified atom stereocenters. The van der Waals surface area contributed by atoms with Crippen LogP contribution in [0.2, 0.25) is 0 Å². The predicted octanol–water partition coefficient (Wildman–Crippen LogP) is 1.97. The van der Waals surface area contributed by atoms with E-state index >= 15 is 0 Å². The van der Waals surface area contributed by atoms with Crippen LogP contribution in [0.3, 0.4) is 0 Å². The van der Waals surface area contributed by atoms with E-state index in [-0.39, 0.29) is 19.1 Å². The molecule has 0 fully saturated rings. The lowest BCUT2D eigenvalue weighted by Crippen LogP contribution is -2.46. The fraction of sp³-hybridized carbons (Fsp3) is 0.389. The van der Waals surface area contributed by atoms with Crippen LogP contribution in [0.15, 0.2) is 35.5 Å². The molecule has 1 aliphatic rings. The maximum Gasteiger partial charge on any atom is 0.338 e. The van der Waals surface area contributed by atoms with Crippen LogP contribution in [0.4, 0.5) is 5.69 Å². The number of nitrogens with zero attached hydrogens (tertiary/aromatic N) is 1. The lowest BCUT2D eigenvalue weighted by Gasteiger charge is -2.35. The summed E-state index contributed by atoms with van der Waals surface area (Å²) in [5, 5.41) is 6.43. The molecule has 0 saturated heterocycles. The molecule has 0 aromatic heterocycles. The molecule has 1 aromatic carbocycles. The van der Waals surface area contributed by atoms with Crippen LogP contribution in [0, 0.1) is 0 Å². The second-order valence-electron chi connectivity index (χ2n) is 5.77. The van der Waals surface area contributed by atoms with Gasteiger partial charge in [-0.3, -0.25) is 4.79 Å². The monoisotopic (exact) mass is 377 g/mol. The minimum absolute atomic E-state index is 0.0339. The summed E-state index contributed by atoms with van der Waals surface area (Å²) in [4.78, 5) is 26.0. The van der Waals surface area contributed by atoms with Crippen LogP contribution < -0.4 is 10.6 Å². The number of amides is 1. The number of esters is 1. The largest absolute Gasteiger partial charge is 0.463 e. The van der Waals surface area contributed by atoms with Crippen molar-refractivity contribution < 1.29 is 19.1 Å². The lowest BCUT2D eigenvalue weighted by molar-refractivity contribution is -0.139. The second-order valence-corrected chi connectivity index (χ2v) is 6.15. The van der Waals surface area contributed by atoms with Crippen molar-refractivity contribution in [1.29, 1.82) is 0 Å². The van der Waals surface area contributed by atoms with Gasteiger partial charge in [0.15, 0.2) is 5.11 Å². The van der Waals surface area contributed by atoms with Crippen LogP contribution >= 0.6 is 12.2 Å². The van der Waals surface area contributed by atoms with Gasteiger partial charge in [-0.05, 0) is 43.8 Å². The summed E-state index contributed by atoms with van der Waals surface area (Å²) in [6.45, 7) is 3.84. The Morgan fingerprint density at radius 3 is 2.77 bits per heavy atom. The molecule has 2 rings (SSSR count). The van der Waals surface area contributed by atoms with E-state index in [0.717, 1.165) is 11.3 Å². The molecule has 0 bridgehead atoms. The van der Waals surface area contributed by atoms with Gasteiger partial charge in [0.25, 0.3) is 0 Å². The average molecular weight is 377 g/mol. The first-order chi connectivity index (χ1) is 12.4. The first-order valence-electron chi connectivity index (χ1n) is 8.19. The normalized spacial score (nSPS) is 17.0. The Balaban J connectivity index is 2.39. The molecule has 2 N–H and O–H groups in total. The van der Waals surface area contributed by atoms with Gasteiger partial charge in [-0.15, -0.1) is 0 Å². The summed E-state index contributed by atoms with van der Waals surface area (Å²) >= 11 is 5.37. The Morgan fingerprint density at radius 2 is 2.12 bits per heavy atom. The molecule has 0 radical (unpaired) electrons. The number of anilines is 1. The van der Waals surface area contributed by atoms with Crippen molar-refractivity contribution in [2.24, 2.45) is 0 Å². The zero-order valence-corrected chi connectivity index (χ0v) is 16.1. The van der Waals surface area contributed by atoms with Crippen LogP contribution in [0.25, 0.3) is 0 Å². The van der Waals surface area contributed by atoms with Gasteiger partial charge in [0.2, 0.25) is 5.91 Å². The first kappa shape index (κ1) is 19.9. The highest BCUT2D eigenvalue weighted by Gasteiger charge is 2.33. The van der Waals surface area contributed by atoms with Crippen molar-refractivity contribution in [3.63, 3.8) is 0 Å². The molecular formula is C18H23N3O4S. The molecule has 7 nitrogen and oxygen atoms in total. The molecule has 1 atom stereocenters. The molecular weight excluding hydrogens is 354 g/mol. The van der Waals surface area contributed by atoms with Crippen molar-refractivity contribution in [3.05, 3.63) is 41.1 Å². The number of carbonyl (C=O) groups is 2. The number of hydrogen-bond donors (Lipinski definition) is 2. The SMILES string of the molecule is CCOC(=O)C1=C(C)N(C)C(=S)N[C@H]1c1cccc(NC(=O)COC)c1. The van der Waals surface area contributed by atoms with Crippen molar-refractivity contribution in [3.8, 4) is 0 Å². The Hall–Kier alpha value is -2.45. The van der Waals surface area contributed by atoms with Crippen LogP contribution in [-0.2, 0) is 19.1 Å². The topological polar surface area (TPSA) is 79.9 Å². The van der Waals surface area contributed by atoms with Gasteiger partial charge in [-0.1, -0.05) is 12.1 Å². The highest BCUT2D eigenvalue weighted by molar-refractivity contribution is 7.80. The van der Waals surface area contributed by atoms with Crippen LogP contribution in [0.5, 0.6) is 0 Å². The number of benzene rings is 1. The van der Waals surface area contributed by atoms with Gasteiger partial charge >= 0.3 is 5.97 Å². The second kappa shape index (κ2) is 8.77. The summed E-state index contributed by atoms with van der Waals surface area (Å²) in [5.41, 5.74) is 2.62. The molecule has 1 aliphatic heterocycles. The van der Waals surface area contributed by atoms with Gasteiger partial charge in [0, 0.05) is 25.5 Å². The molecule has 0 saturated carbocycles. The summed E-state index contributed by atoms with van der Waals surface area (Å²) < 4.78 is 10.0. The molecule has 140 valence electrons. The third-order valence-electron chi connectivity index (χ3n) is 4.03. The summed E-state index contributed by atoms with van der Waals surface area (Å²) in [6.07, 6.45) is 0.